The Balaban J connectivity index is 2.85. The summed E-state index contributed by atoms with van der Waals surface area (Å²) in [6.07, 6.45) is 2.39. The Morgan fingerprint density at radius 2 is 1.83 bits per heavy atom. The van der Waals surface area contributed by atoms with E-state index in [1.165, 1.54) is 0 Å². The van der Waals surface area contributed by atoms with Crippen molar-refractivity contribution in [3.63, 3.8) is 0 Å². The molecule has 0 heterocycles. The number of allylic oxidation sites excluding steroid dienone is 2. The van der Waals surface area contributed by atoms with Gasteiger partial charge in [-0.05, 0) is 12.2 Å². The van der Waals surface area contributed by atoms with E-state index in [0.29, 0.717) is 11.9 Å². The lowest BCUT2D eigenvalue weighted by molar-refractivity contribution is 0.719. The highest BCUT2D eigenvalue weighted by atomic mass is 19.1. The maximum absolute atomic E-state index is 13.0. The van der Waals surface area contributed by atoms with E-state index < -0.39 is 5.83 Å². The van der Waals surface area contributed by atoms with Crippen molar-refractivity contribution in [2.45, 2.75) is 0 Å². The minimum absolute atomic E-state index is 0.294. The molecule has 0 aliphatic rings. The summed E-state index contributed by atoms with van der Waals surface area (Å²) in [6, 6.07) is 8.49. The number of rotatable bonds is 2. The van der Waals surface area contributed by atoms with Crippen molar-refractivity contribution < 1.29 is 8.78 Å². The SMILES string of the molecule is FC=CC=C(F)c1ccccc1. The number of hydrogen-bond donors (Lipinski definition) is 0. The minimum Gasteiger partial charge on any atom is -0.216 e. The first kappa shape index (κ1) is 8.65. The molecule has 0 aromatic heterocycles. The molecule has 0 radical (unpaired) electrons. The predicted octanol–water partition coefficient (Wildman–Crippen LogP) is 3.48. The van der Waals surface area contributed by atoms with Gasteiger partial charge in [0.05, 0.1) is 6.33 Å². The lowest BCUT2D eigenvalue weighted by Crippen LogP contribution is -1.74. The second kappa shape index (κ2) is 4.44. The van der Waals surface area contributed by atoms with Crippen molar-refractivity contribution in [1.29, 1.82) is 0 Å². The normalized spacial score (nSPS) is 12.3. The quantitative estimate of drug-likeness (QED) is 0.590. The van der Waals surface area contributed by atoms with Crippen molar-refractivity contribution in [3.05, 3.63) is 54.4 Å². The summed E-state index contributed by atoms with van der Waals surface area (Å²) >= 11 is 0. The van der Waals surface area contributed by atoms with E-state index in [-0.39, 0.29) is 0 Å². The van der Waals surface area contributed by atoms with Gasteiger partial charge in [0.15, 0.2) is 0 Å². The van der Waals surface area contributed by atoms with Crippen molar-refractivity contribution in [3.8, 4) is 0 Å². The predicted molar refractivity (Wildman–Crippen MR) is 45.8 cm³/mol. The fourth-order valence-corrected chi connectivity index (χ4v) is 0.814. The van der Waals surface area contributed by atoms with Gasteiger partial charge >= 0.3 is 0 Å². The maximum atomic E-state index is 13.0. The maximum Gasteiger partial charge on any atom is 0.130 e. The number of hydrogen-bond acceptors (Lipinski definition) is 0. The van der Waals surface area contributed by atoms with Crippen molar-refractivity contribution >= 4 is 5.83 Å². The molecule has 0 bridgehead atoms. The second-order valence-corrected chi connectivity index (χ2v) is 2.20. The van der Waals surface area contributed by atoms with E-state index in [0.717, 1.165) is 12.2 Å². The fourth-order valence-electron chi connectivity index (χ4n) is 0.814. The first-order valence-corrected chi connectivity index (χ1v) is 3.52. The standard InChI is InChI=1S/C10H8F2/c11-8-4-7-10(12)9-5-2-1-3-6-9/h1-8H. The van der Waals surface area contributed by atoms with Gasteiger partial charge in [-0.25, -0.2) is 8.78 Å². The molecule has 0 atom stereocenters. The third-order valence-electron chi connectivity index (χ3n) is 1.36. The molecule has 1 aromatic carbocycles. The van der Waals surface area contributed by atoms with E-state index in [2.05, 4.69) is 0 Å². The molecule has 12 heavy (non-hydrogen) atoms. The molecule has 1 rings (SSSR count). The summed E-state index contributed by atoms with van der Waals surface area (Å²) in [5.41, 5.74) is 0.454. The topological polar surface area (TPSA) is 0 Å². The van der Waals surface area contributed by atoms with E-state index in [1.807, 2.05) is 0 Å². The van der Waals surface area contributed by atoms with E-state index >= 15 is 0 Å². The van der Waals surface area contributed by atoms with Crippen LogP contribution in [0.5, 0.6) is 0 Å². The zero-order valence-electron chi connectivity index (χ0n) is 6.37. The van der Waals surface area contributed by atoms with Crippen LogP contribution in [0.3, 0.4) is 0 Å². The van der Waals surface area contributed by atoms with Crippen LogP contribution >= 0.6 is 0 Å². The van der Waals surface area contributed by atoms with Crippen LogP contribution in [0.15, 0.2) is 48.8 Å². The first-order valence-electron chi connectivity index (χ1n) is 3.52. The fraction of sp³-hybridized carbons (Fsp3) is 0. The van der Waals surface area contributed by atoms with Gasteiger partial charge in [0.1, 0.15) is 5.83 Å². The molecule has 1 aromatic rings. The average molecular weight is 166 g/mol. The first-order chi connectivity index (χ1) is 5.84. The Hall–Kier alpha value is -1.44. The van der Waals surface area contributed by atoms with Crippen molar-refractivity contribution in [2.75, 3.05) is 0 Å². The van der Waals surface area contributed by atoms with Gasteiger partial charge < -0.3 is 0 Å². The van der Waals surface area contributed by atoms with Crippen LogP contribution in [0, 0.1) is 0 Å². The zero-order valence-corrected chi connectivity index (χ0v) is 6.37. The Morgan fingerprint density at radius 1 is 1.17 bits per heavy atom. The Morgan fingerprint density at radius 3 is 2.42 bits per heavy atom. The molecule has 0 saturated heterocycles. The molecule has 0 aliphatic carbocycles. The highest BCUT2D eigenvalue weighted by Crippen LogP contribution is 2.14. The van der Waals surface area contributed by atoms with Crippen LogP contribution in [0.4, 0.5) is 8.78 Å². The second-order valence-electron chi connectivity index (χ2n) is 2.20. The third kappa shape index (κ3) is 2.31. The molecule has 0 fully saturated rings. The molecule has 0 unspecified atom stereocenters. The molecular weight excluding hydrogens is 158 g/mol. The summed E-state index contributed by atoms with van der Waals surface area (Å²) in [4.78, 5) is 0. The van der Waals surface area contributed by atoms with Gasteiger partial charge in [0.2, 0.25) is 0 Å². The third-order valence-corrected chi connectivity index (χ3v) is 1.36. The van der Waals surface area contributed by atoms with Crippen LogP contribution in [0.1, 0.15) is 5.56 Å². The average Bonchev–Trinajstić information content (AvgIpc) is 2.15. The van der Waals surface area contributed by atoms with E-state index in [9.17, 15) is 8.78 Å². The Labute approximate surface area is 69.8 Å². The molecule has 0 saturated carbocycles. The molecule has 0 spiro atoms. The van der Waals surface area contributed by atoms with Crippen LogP contribution < -0.4 is 0 Å². The monoisotopic (exact) mass is 166 g/mol. The highest BCUT2D eigenvalue weighted by molar-refractivity contribution is 5.60. The van der Waals surface area contributed by atoms with Gasteiger partial charge in [0.25, 0.3) is 0 Å². The van der Waals surface area contributed by atoms with Gasteiger partial charge in [-0.1, -0.05) is 30.3 Å². The summed E-state index contributed by atoms with van der Waals surface area (Å²) in [5, 5.41) is 0. The molecule has 2 heteroatoms. The van der Waals surface area contributed by atoms with Crippen LogP contribution in [-0.2, 0) is 0 Å². The minimum atomic E-state index is -0.440. The molecule has 0 aliphatic heterocycles. The number of benzene rings is 1. The van der Waals surface area contributed by atoms with Gasteiger partial charge in [0, 0.05) is 5.56 Å². The highest BCUT2D eigenvalue weighted by Gasteiger charge is 1.94. The Bertz CT molecular complexity index is 286. The van der Waals surface area contributed by atoms with Gasteiger partial charge in [-0.15, -0.1) is 0 Å². The van der Waals surface area contributed by atoms with Crippen molar-refractivity contribution in [1.82, 2.24) is 0 Å². The summed E-state index contributed by atoms with van der Waals surface area (Å²) in [5.74, 6) is -0.440. The van der Waals surface area contributed by atoms with Gasteiger partial charge in [-0.3, -0.25) is 0 Å². The Kier molecular flexibility index (Phi) is 3.20. The molecule has 0 nitrogen and oxygen atoms in total. The van der Waals surface area contributed by atoms with E-state index in [4.69, 9.17) is 0 Å². The van der Waals surface area contributed by atoms with E-state index in [1.54, 1.807) is 30.3 Å². The molecule has 62 valence electrons. The summed E-state index contributed by atoms with van der Waals surface area (Å²) < 4.78 is 24.4. The lowest BCUT2D eigenvalue weighted by atomic mass is 10.2. The number of halogens is 2. The van der Waals surface area contributed by atoms with Crippen molar-refractivity contribution in [2.24, 2.45) is 0 Å². The summed E-state index contributed by atoms with van der Waals surface area (Å²) in [7, 11) is 0. The van der Waals surface area contributed by atoms with Crippen LogP contribution in [-0.4, -0.2) is 0 Å². The van der Waals surface area contributed by atoms with Crippen LogP contribution in [0.25, 0.3) is 5.83 Å². The largest absolute Gasteiger partial charge is 0.216 e. The lowest BCUT2D eigenvalue weighted by Gasteiger charge is -1.93. The smallest absolute Gasteiger partial charge is 0.130 e. The molecule has 0 N–H and O–H groups in total. The zero-order chi connectivity index (χ0) is 8.81. The summed E-state index contributed by atoms with van der Waals surface area (Å²) in [6.45, 7) is 0. The van der Waals surface area contributed by atoms with Crippen LogP contribution in [0.2, 0.25) is 0 Å². The molecule has 0 amide bonds. The molecular formula is C10H8F2. The van der Waals surface area contributed by atoms with Gasteiger partial charge in [-0.2, -0.15) is 0 Å².